The van der Waals surface area contributed by atoms with Gasteiger partial charge in [-0.2, -0.15) is 0 Å². The van der Waals surface area contributed by atoms with Gasteiger partial charge in [0.1, 0.15) is 12.1 Å². The highest BCUT2D eigenvalue weighted by Crippen LogP contribution is 2.24. The third-order valence-electron chi connectivity index (χ3n) is 5.19. The Bertz CT molecular complexity index is 601. The summed E-state index contributed by atoms with van der Waals surface area (Å²) in [4.78, 5) is 28.0. The van der Waals surface area contributed by atoms with Crippen molar-refractivity contribution in [3.63, 3.8) is 0 Å². The van der Waals surface area contributed by atoms with E-state index in [2.05, 4.69) is 33.6 Å². The summed E-state index contributed by atoms with van der Waals surface area (Å²) < 4.78 is 5.45. The van der Waals surface area contributed by atoms with Crippen molar-refractivity contribution in [3.05, 3.63) is 17.6 Å². The van der Waals surface area contributed by atoms with E-state index in [1.807, 2.05) is 11.9 Å². The molecule has 0 radical (unpaired) electrons. The van der Waals surface area contributed by atoms with Gasteiger partial charge in [0.25, 0.3) is 0 Å². The molecule has 7 heteroatoms. The first-order valence-corrected chi connectivity index (χ1v) is 9.19. The van der Waals surface area contributed by atoms with Crippen LogP contribution in [0.15, 0.2) is 6.33 Å². The lowest BCUT2D eigenvalue weighted by Gasteiger charge is -2.29. The van der Waals surface area contributed by atoms with E-state index >= 15 is 0 Å². The minimum atomic E-state index is 0.199. The van der Waals surface area contributed by atoms with E-state index in [1.54, 1.807) is 6.33 Å². The summed E-state index contributed by atoms with van der Waals surface area (Å²) in [7, 11) is 2.00. The molecule has 3 heterocycles. The average Bonchev–Trinajstić information content (AvgIpc) is 2.85. The van der Waals surface area contributed by atoms with Crippen LogP contribution in [0.5, 0.6) is 0 Å². The van der Waals surface area contributed by atoms with Crippen LogP contribution in [-0.4, -0.2) is 84.7 Å². The number of carbonyl (C=O) groups is 1. The lowest BCUT2D eigenvalue weighted by molar-refractivity contribution is -0.132. The minimum absolute atomic E-state index is 0.199. The number of nitrogens with zero attached hydrogens (tertiary/aromatic N) is 5. The number of anilines is 1. The molecule has 0 aromatic carbocycles. The second-order valence-corrected chi connectivity index (χ2v) is 7.11. The van der Waals surface area contributed by atoms with Crippen LogP contribution in [0, 0.1) is 0 Å². The van der Waals surface area contributed by atoms with Gasteiger partial charge in [-0.15, -0.1) is 0 Å². The quantitative estimate of drug-likeness (QED) is 0.794. The Hall–Kier alpha value is -1.73. The first-order chi connectivity index (χ1) is 12.1. The summed E-state index contributed by atoms with van der Waals surface area (Å²) in [6.45, 7) is 9.37. The number of carbonyl (C=O) groups excluding carboxylic acids is 1. The fourth-order valence-electron chi connectivity index (χ4n) is 3.30. The number of ether oxygens (including phenoxy) is 1. The molecule has 0 atom stereocenters. The van der Waals surface area contributed by atoms with Crippen LogP contribution in [0.1, 0.15) is 25.1 Å². The summed E-state index contributed by atoms with van der Waals surface area (Å²) in [6, 6.07) is 0.368. The number of rotatable bonds is 4. The zero-order chi connectivity index (χ0) is 17.8. The molecule has 1 aromatic heterocycles. The average molecular weight is 347 g/mol. The second-order valence-electron chi connectivity index (χ2n) is 7.11. The summed E-state index contributed by atoms with van der Waals surface area (Å²) in [5.74, 6) is 1.23. The van der Waals surface area contributed by atoms with Gasteiger partial charge in [0.15, 0.2) is 0 Å². The van der Waals surface area contributed by atoms with E-state index in [0.717, 1.165) is 63.7 Å². The fraction of sp³-hybridized carbons (Fsp3) is 0.722. The van der Waals surface area contributed by atoms with Gasteiger partial charge < -0.3 is 14.5 Å². The van der Waals surface area contributed by atoms with Gasteiger partial charge in [-0.25, -0.2) is 9.97 Å². The summed E-state index contributed by atoms with van der Waals surface area (Å²) in [5, 5.41) is 0. The topological polar surface area (TPSA) is 61.8 Å². The smallest absolute Gasteiger partial charge is 0.236 e. The predicted molar refractivity (Wildman–Crippen MR) is 96.8 cm³/mol. The SMILES string of the molecule is CC(C)N(C)CC(=O)N1CCc2ncnc(N3CCOCC3)c2CC1. The maximum absolute atomic E-state index is 12.6. The maximum Gasteiger partial charge on any atom is 0.236 e. The lowest BCUT2D eigenvalue weighted by atomic mass is 10.1. The van der Waals surface area contributed by atoms with Crippen molar-refractivity contribution >= 4 is 11.7 Å². The standard InChI is InChI=1S/C18H29N5O2/c1-14(2)21(3)12-17(24)22-6-4-15-16(5-7-22)19-13-20-18(15)23-8-10-25-11-9-23/h13-14H,4-12H2,1-3H3. The Morgan fingerprint density at radius 3 is 2.64 bits per heavy atom. The van der Waals surface area contributed by atoms with Crippen molar-refractivity contribution in [2.24, 2.45) is 0 Å². The Kier molecular flexibility index (Phi) is 5.86. The van der Waals surface area contributed by atoms with Gasteiger partial charge in [-0.3, -0.25) is 9.69 Å². The van der Waals surface area contributed by atoms with Gasteiger partial charge in [0.05, 0.1) is 25.5 Å². The second kappa shape index (κ2) is 8.10. The van der Waals surface area contributed by atoms with Crippen LogP contribution in [0.25, 0.3) is 0 Å². The molecule has 138 valence electrons. The van der Waals surface area contributed by atoms with Crippen LogP contribution in [0.4, 0.5) is 5.82 Å². The molecule has 25 heavy (non-hydrogen) atoms. The van der Waals surface area contributed by atoms with Gasteiger partial charge in [0, 0.05) is 44.2 Å². The number of likely N-dealkylation sites (N-methyl/N-ethyl adjacent to an activating group) is 1. The van der Waals surface area contributed by atoms with E-state index in [-0.39, 0.29) is 5.91 Å². The van der Waals surface area contributed by atoms with Crippen LogP contribution < -0.4 is 4.90 Å². The first-order valence-electron chi connectivity index (χ1n) is 9.19. The Morgan fingerprint density at radius 2 is 1.92 bits per heavy atom. The van der Waals surface area contributed by atoms with Crippen molar-refractivity contribution < 1.29 is 9.53 Å². The summed E-state index contributed by atoms with van der Waals surface area (Å²) >= 11 is 0. The van der Waals surface area contributed by atoms with Gasteiger partial charge in [0.2, 0.25) is 5.91 Å². The Labute approximate surface area is 150 Å². The molecule has 1 aromatic rings. The molecule has 0 saturated carbocycles. The normalized spacial score (nSPS) is 18.4. The van der Waals surface area contributed by atoms with Crippen LogP contribution in [-0.2, 0) is 22.4 Å². The van der Waals surface area contributed by atoms with E-state index in [9.17, 15) is 4.79 Å². The molecule has 0 spiro atoms. The number of fused-ring (bicyclic) bond motifs is 1. The maximum atomic E-state index is 12.6. The first kappa shape index (κ1) is 18.1. The number of hydrogen-bond donors (Lipinski definition) is 0. The minimum Gasteiger partial charge on any atom is -0.378 e. The molecule has 2 aliphatic heterocycles. The molecule has 1 fully saturated rings. The molecule has 0 unspecified atom stereocenters. The molecule has 0 aliphatic carbocycles. The number of amides is 1. The van der Waals surface area contributed by atoms with Crippen LogP contribution in [0.2, 0.25) is 0 Å². The number of morpholine rings is 1. The summed E-state index contributed by atoms with van der Waals surface area (Å²) in [6.07, 6.45) is 3.28. The molecule has 0 bridgehead atoms. The summed E-state index contributed by atoms with van der Waals surface area (Å²) in [5.41, 5.74) is 2.29. The van der Waals surface area contributed by atoms with Crippen LogP contribution >= 0.6 is 0 Å². The highest BCUT2D eigenvalue weighted by atomic mass is 16.5. The molecular weight excluding hydrogens is 318 g/mol. The molecule has 0 N–H and O–H groups in total. The van der Waals surface area contributed by atoms with Crippen molar-refractivity contribution in [2.45, 2.75) is 32.7 Å². The van der Waals surface area contributed by atoms with Crippen LogP contribution in [0.3, 0.4) is 0 Å². The third-order valence-corrected chi connectivity index (χ3v) is 5.19. The highest BCUT2D eigenvalue weighted by molar-refractivity contribution is 5.78. The highest BCUT2D eigenvalue weighted by Gasteiger charge is 2.25. The van der Waals surface area contributed by atoms with E-state index in [0.29, 0.717) is 12.6 Å². The zero-order valence-electron chi connectivity index (χ0n) is 15.6. The zero-order valence-corrected chi connectivity index (χ0v) is 15.6. The third kappa shape index (κ3) is 4.27. The van der Waals surface area contributed by atoms with Crippen molar-refractivity contribution in [1.29, 1.82) is 0 Å². The fourth-order valence-corrected chi connectivity index (χ4v) is 3.30. The Balaban J connectivity index is 1.70. The van der Waals surface area contributed by atoms with Crippen molar-refractivity contribution in [3.8, 4) is 0 Å². The molecule has 3 rings (SSSR count). The van der Waals surface area contributed by atoms with Gasteiger partial charge in [-0.1, -0.05) is 0 Å². The largest absolute Gasteiger partial charge is 0.378 e. The predicted octanol–water partition coefficient (Wildman–Crippen LogP) is 0.581. The monoisotopic (exact) mass is 347 g/mol. The van der Waals surface area contributed by atoms with E-state index in [1.165, 1.54) is 5.56 Å². The number of hydrogen-bond acceptors (Lipinski definition) is 6. The molecule has 2 aliphatic rings. The molecular formula is C18H29N5O2. The van der Waals surface area contributed by atoms with E-state index < -0.39 is 0 Å². The Morgan fingerprint density at radius 1 is 1.20 bits per heavy atom. The number of aromatic nitrogens is 2. The van der Waals surface area contributed by atoms with Crippen molar-refractivity contribution in [2.75, 3.05) is 57.9 Å². The van der Waals surface area contributed by atoms with Crippen molar-refractivity contribution in [1.82, 2.24) is 19.8 Å². The van der Waals surface area contributed by atoms with E-state index in [4.69, 9.17) is 4.74 Å². The van der Waals surface area contributed by atoms with Gasteiger partial charge in [-0.05, 0) is 27.3 Å². The molecule has 1 saturated heterocycles. The molecule has 1 amide bonds. The van der Waals surface area contributed by atoms with Gasteiger partial charge >= 0.3 is 0 Å². The molecule has 7 nitrogen and oxygen atoms in total. The lowest BCUT2D eigenvalue weighted by Crippen LogP contribution is -2.42.